The maximum absolute atomic E-state index is 12.6. The maximum atomic E-state index is 12.6. The molecule has 0 heterocycles. The van der Waals surface area contributed by atoms with Crippen molar-refractivity contribution >= 4 is 39.0 Å². The van der Waals surface area contributed by atoms with Crippen LogP contribution >= 0.6 is 0 Å². The number of para-hydroxylation sites is 1. The molecule has 8 nitrogen and oxygen atoms in total. The minimum Gasteiger partial charge on any atom is -0.452 e. The van der Waals surface area contributed by atoms with Crippen molar-refractivity contribution in [2.24, 2.45) is 5.14 Å². The van der Waals surface area contributed by atoms with Crippen LogP contribution in [-0.4, -0.2) is 26.9 Å². The lowest BCUT2D eigenvalue weighted by atomic mass is 10.1. The molecular formula is C23H23N3O5S. The quantitative estimate of drug-likeness (QED) is 0.470. The largest absolute Gasteiger partial charge is 0.452 e. The number of anilines is 3. The Labute approximate surface area is 186 Å². The van der Waals surface area contributed by atoms with E-state index in [2.05, 4.69) is 10.6 Å². The lowest BCUT2D eigenvalue weighted by Crippen LogP contribution is -2.21. The Morgan fingerprint density at radius 2 is 1.62 bits per heavy atom. The number of primary sulfonamides is 1. The van der Waals surface area contributed by atoms with Gasteiger partial charge in [-0.3, -0.25) is 4.79 Å². The molecule has 1 amide bonds. The monoisotopic (exact) mass is 453 g/mol. The molecule has 0 aromatic heterocycles. The van der Waals surface area contributed by atoms with Gasteiger partial charge in [0.15, 0.2) is 6.61 Å². The van der Waals surface area contributed by atoms with Crippen LogP contribution in [0.1, 0.15) is 21.5 Å². The smallest absolute Gasteiger partial charge is 0.340 e. The number of hydrogen-bond donors (Lipinski definition) is 3. The Balaban J connectivity index is 1.67. The van der Waals surface area contributed by atoms with E-state index in [9.17, 15) is 18.0 Å². The fourth-order valence-electron chi connectivity index (χ4n) is 2.96. The van der Waals surface area contributed by atoms with Crippen LogP contribution in [0.25, 0.3) is 0 Å². The van der Waals surface area contributed by atoms with Gasteiger partial charge in [0.1, 0.15) is 0 Å². The highest BCUT2D eigenvalue weighted by atomic mass is 32.2. The molecule has 0 bridgehead atoms. The van der Waals surface area contributed by atoms with Gasteiger partial charge in [-0.2, -0.15) is 0 Å². The third-order valence-electron chi connectivity index (χ3n) is 4.80. The summed E-state index contributed by atoms with van der Waals surface area (Å²) in [6.45, 7) is 3.43. The highest BCUT2D eigenvalue weighted by Gasteiger charge is 2.16. The average Bonchev–Trinajstić information content (AvgIpc) is 2.75. The third kappa shape index (κ3) is 5.71. The topological polar surface area (TPSA) is 128 Å². The third-order valence-corrected chi connectivity index (χ3v) is 5.71. The second-order valence-corrected chi connectivity index (χ2v) is 8.68. The summed E-state index contributed by atoms with van der Waals surface area (Å²) in [5.41, 5.74) is 4.06. The molecule has 0 aliphatic rings. The Morgan fingerprint density at radius 3 is 2.38 bits per heavy atom. The van der Waals surface area contributed by atoms with Gasteiger partial charge < -0.3 is 15.4 Å². The Morgan fingerprint density at radius 1 is 0.938 bits per heavy atom. The molecule has 9 heteroatoms. The van der Waals surface area contributed by atoms with Crippen molar-refractivity contribution in [3.8, 4) is 0 Å². The number of sulfonamides is 1. The lowest BCUT2D eigenvalue weighted by Gasteiger charge is -2.14. The van der Waals surface area contributed by atoms with Crippen molar-refractivity contribution in [3.63, 3.8) is 0 Å². The van der Waals surface area contributed by atoms with E-state index < -0.39 is 28.5 Å². The number of carbonyl (C=O) groups excluding carboxylic acids is 2. The summed E-state index contributed by atoms with van der Waals surface area (Å²) in [7, 11) is -3.90. The van der Waals surface area contributed by atoms with E-state index in [1.807, 2.05) is 32.0 Å². The van der Waals surface area contributed by atoms with Gasteiger partial charge in [-0.25, -0.2) is 18.4 Å². The van der Waals surface area contributed by atoms with Crippen LogP contribution in [-0.2, 0) is 19.6 Å². The molecule has 3 aromatic carbocycles. The molecule has 0 atom stereocenters. The first-order valence-electron chi connectivity index (χ1n) is 9.67. The minimum atomic E-state index is -3.90. The summed E-state index contributed by atoms with van der Waals surface area (Å²) in [5, 5.41) is 10.8. The number of nitrogens with one attached hydrogen (secondary N) is 2. The lowest BCUT2D eigenvalue weighted by molar-refractivity contribution is -0.119. The first kappa shape index (κ1) is 23.0. The summed E-state index contributed by atoms with van der Waals surface area (Å²) in [4.78, 5) is 24.7. The van der Waals surface area contributed by atoms with E-state index >= 15 is 0 Å². The van der Waals surface area contributed by atoms with Crippen molar-refractivity contribution in [2.75, 3.05) is 17.2 Å². The highest BCUT2D eigenvalue weighted by Crippen LogP contribution is 2.25. The van der Waals surface area contributed by atoms with Crippen LogP contribution in [0.15, 0.2) is 71.6 Å². The zero-order chi connectivity index (χ0) is 23.3. The standard InChI is InChI=1S/C23H23N3O5S/c1-15-7-5-12-20(16(15)2)26-21-11-4-3-10-19(21)23(28)31-14-22(27)25-17-8-6-9-18(13-17)32(24,29)30/h3-13,26H,14H2,1-2H3,(H,25,27)(H2,24,29,30). The number of amides is 1. The van der Waals surface area contributed by atoms with Crippen LogP contribution < -0.4 is 15.8 Å². The van der Waals surface area contributed by atoms with Crippen LogP contribution in [0.5, 0.6) is 0 Å². The molecule has 4 N–H and O–H groups in total. The van der Waals surface area contributed by atoms with Crippen LogP contribution in [0.4, 0.5) is 17.1 Å². The normalized spacial score (nSPS) is 11.0. The second-order valence-electron chi connectivity index (χ2n) is 7.12. The summed E-state index contributed by atoms with van der Waals surface area (Å²) < 4.78 is 28.0. The molecule has 166 valence electrons. The number of ether oxygens (including phenoxy) is 1. The highest BCUT2D eigenvalue weighted by molar-refractivity contribution is 7.89. The molecule has 0 radical (unpaired) electrons. The van der Waals surface area contributed by atoms with E-state index in [4.69, 9.17) is 9.88 Å². The van der Waals surface area contributed by atoms with Crippen molar-refractivity contribution in [1.29, 1.82) is 0 Å². The first-order valence-corrected chi connectivity index (χ1v) is 11.2. The molecule has 0 fully saturated rings. The molecule has 3 aromatic rings. The number of hydrogen-bond acceptors (Lipinski definition) is 6. The van der Waals surface area contributed by atoms with Gasteiger partial charge in [0.25, 0.3) is 5.91 Å². The van der Waals surface area contributed by atoms with E-state index in [0.717, 1.165) is 16.8 Å². The summed E-state index contributed by atoms with van der Waals surface area (Å²) in [6.07, 6.45) is 0. The fourth-order valence-corrected chi connectivity index (χ4v) is 3.52. The predicted octanol–water partition coefficient (Wildman–Crippen LogP) is 3.49. The van der Waals surface area contributed by atoms with Crippen molar-refractivity contribution in [1.82, 2.24) is 0 Å². The molecule has 0 aliphatic heterocycles. The van der Waals surface area contributed by atoms with Crippen LogP contribution in [0, 0.1) is 13.8 Å². The van der Waals surface area contributed by atoms with Gasteiger partial charge in [-0.1, -0.05) is 30.3 Å². The molecule has 3 rings (SSSR count). The predicted molar refractivity (Wildman–Crippen MR) is 122 cm³/mol. The van der Waals surface area contributed by atoms with Crippen molar-refractivity contribution in [2.45, 2.75) is 18.7 Å². The number of rotatable bonds is 7. The fraction of sp³-hybridized carbons (Fsp3) is 0.130. The molecule has 0 unspecified atom stereocenters. The summed E-state index contributed by atoms with van der Waals surface area (Å²) in [5.74, 6) is -1.29. The SMILES string of the molecule is Cc1cccc(Nc2ccccc2C(=O)OCC(=O)Nc2cccc(S(N)(=O)=O)c2)c1C. The molecule has 0 aliphatic carbocycles. The van der Waals surface area contributed by atoms with E-state index in [1.54, 1.807) is 24.3 Å². The Hall–Kier alpha value is -3.69. The van der Waals surface area contributed by atoms with Gasteiger partial charge in [0, 0.05) is 11.4 Å². The maximum Gasteiger partial charge on any atom is 0.340 e. The number of carbonyl (C=O) groups is 2. The number of esters is 1. The van der Waals surface area contributed by atoms with Crippen molar-refractivity contribution in [3.05, 3.63) is 83.4 Å². The zero-order valence-corrected chi connectivity index (χ0v) is 18.4. The van der Waals surface area contributed by atoms with Gasteiger partial charge in [0.05, 0.1) is 16.1 Å². The van der Waals surface area contributed by atoms with Crippen molar-refractivity contribution < 1.29 is 22.7 Å². The Bertz CT molecular complexity index is 1270. The Kier molecular flexibility index (Phi) is 6.92. The van der Waals surface area contributed by atoms with E-state index in [-0.39, 0.29) is 16.1 Å². The molecule has 0 saturated heterocycles. The number of nitrogens with two attached hydrogens (primary N) is 1. The van der Waals surface area contributed by atoms with Gasteiger partial charge in [-0.05, 0) is 61.4 Å². The zero-order valence-electron chi connectivity index (χ0n) is 17.6. The van der Waals surface area contributed by atoms with E-state index in [1.165, 1.54) is 24.3 Å². The number of benzene rings is 3. The molecule has 32 heavy (non-hydrogen) atoms. The van der Waals surface area contributed by atoms with Gasteiger partial charge in [0.2, 0.25) is 10.0 Å². The summed E-state index contributed by atoms with van der Waals surface area (Å²) >= 11 is 0. The average molecular weight is 454 g/mol. The first-order chi connectivity index (χ1) is 15.1. The van der Waals surface area contributed by atoms with Crippen LogP contribution in [0.3, 0.4) is 0 Å². The molecule has 0 spiro atoms. The number of aryl methyl sites for hydroxylation is 1. The van der Waals surface area contributed by atoms with Crippen LogP contribution in [0.2, 0.25) is 0 Å². The molecule has 0 saturated carbocycles. The minimum absolute atomic E-state index is 0.140. The summed E-state index contributed by atoms with van der Waals surface area (Å²) in [6, 6.07) is 18.1. The van der Waals surface area contributed by atoms with Gasteiger partial charge in [-0.15, -0.1) is 0 Å². The van der Waals surface area contributed by atoms with Gasteiger partial charge >= 0.3 is 5.97 Å². The van der Waals surface area contributed by atoms with E-state index in [0.29, 0.717) is 5.69 Å². The molecular weight excluding hydrogens is 430 g/mol. The second kappa shape index (κ2) is 9.63.